The highest BCUT2D eigenvalue weighted by molar-refractivity contribution is 7.89. The summed E-state index contributed by atoms with van der Waals surface area (Å²) in [7, 11) is -3.85. The monoisotopic (exact) mass is 497 g/mol. The molecule has 0 saturated carbocycles. The van der Waals surface area contributed by atoms with Gasteiger partial charge in [-0.15, -0.1) is 0 Å². The molecule has 1 amide bonds. The van der Waals surface area contributed by atoms with Gasteiger partial charge in [0.1, 0.15) is 5.76 Å². The van der Waals surface area contributed by atoms with Gasteiger partial charge < -0.3 is 14.8 Å². The Morgan fingerprint density at radius 1 is 1.14 bits per heavy atom. The third kappa shape index (κ3) is 4.55. The van der Waals surface area contributed by atoms with Crippen LogP contribution in [0.2, 0.25) is 0 Å². The number of piperidine rings is 1. The van der Waals surface area contributed by atoms with E-state index < -0.39 is 16.0 Å². The van der Waals surface area contributed by atoms with Crippen molar-refractivity contribution in [3.05, 3.63) is 59.2 Å². The summed E-state index contributed by atoms with van der Waals surface area (Å²) in [5.74, 6) is -0.800. The van der Waals surface area contributed by atoms with Crippen LogP contribution in [0.3, 0.4) is 0 Å². The number of benzene rings is 1. The average Bonchev–Trinajstić information content (AvgIpc) is 3.39. The number of nitrogens with one attached hydrogen (secondary N) is 1. The second kappa shape index (κ2) is 9.43. The molecule has 0 bridgehead atoms. The van der Waals surface area contributed by atoms with E-state index in [1.54, 1.807) is 24.5 Å². The Bertz CT molecular complexity index is 1380. The quantitative estimate of drug-likeness (QED) is 0.535. The van der Waals surface area contributed by atoms with Crippen LogP contribution in [0.5, 0.6) is 0 Å². The second-order valence-corrected chi connectivity index (χ2v) is 11.0. The van der Waals surface area contributed by atoms with Crippen molar-refractivity contribution in [1.82, 2.24) is 14.6 Å². The van der Waals surface area contributed by atoms with Gasteiger partial charge in [0, 0.05) is 30.1 Å². The summed E-state index contributed by atoms with van der Waals surface area (Å²) in [6.07, 6.45) is 5.58. The average molecular weight is 498 g/mol. The first-order chi connectivity index (χ1) is 16.8. The van der Waals surface area contributed by atoms with Gasteiger partial charge in [0.25, 0.3) is 0 Å². The largest absolute Gasteiger partial charge is 0.478 e. The molecule has 1 aliphatic heterocycles. The van der Waals surface area contributed by atoms with Gasteiger partial charge >= 0.3 is 5.97 Å². The van der Waals surface area contributed by atoms with Gasteiger partial charge in [-0.05, 0) is 74.4 Å². The molecule has 5 rings (SSSR count). The van der Waals surface area contributed by atoms with E-state index in [1.165, 1.54) is 16.4 Å². The van der Waals surface area contributed by atoms with Crippen LogP contribution in [0.1, 0.15) is 53.1 Å². The number of aryl methyl sites for hydroxylation is 1. The molecule has 10 heteroatoms. The number of hydrogen-bond acceptors (Lipinski definition) is 6. The summed E-state index contributed by atoms with van der Waals surface area (Å²) in [5.41, 5.74) is 2.17. The van der Waals surface area contributed by atoms with Crippen molar-refractivity contribution in [2.45, 2.75) is 50.0 Å². The van der Waals surface area contributed by atoms with E-state index in [4.69, 9.17) is 4.42 Å². The summed E-state index contributed by atoms with van der Waals surface area (Å²) in [6, 6.07) is 8.06. The minimum absolute atomic E-state index is 0.0470. The van der Waals surface area contributed by atoms with Gasteiger partial charge in [-0.2, -0.15) is 4.31 Å². The van der Waals surface area contributed by atoms with Gasteiger partial charge in [-0.3, -0.25) is 9.78 Å². The summed E-state index contributed by atoms with van der Waals surface area (Å²) < 4.78 is 33.4. The molecule has 9 nitrogen and oxygen atoms in total. The molecule has 2 aliphatic rings. The molecule has 2 aromatic heterocycles. The number of aromatic nitrogens is 1. The predicted molar refractivity (Wildman–Crippen MR) is 127 cm³/mol. The van der Waals surface area contributed by atoms with Crippen molar-refractivity contribution < 1.29 is 27.5 Å². The van der Waals surface area contributed by atoms with Crippen LogP contribution in [0.15, 0.2) is 45.9 Å². The summed E-state index contributed by atoms with van der Waals surface area (Å²) in [4.78, 5) is 29.3. The number of fused-ring (bicyclic) bond motifs is 2. The highest BCUT2D eigenvalue weighted by Gasteiger charge is 2.33. The Kier molecular flexibility index (Phi) is 6.33. The second-order valence-electron chi connectivity index (χ2n) is 9.08. The first-order valence-electron chi connectivity index (χ1n) is 11.8. The topological polar surface area (TPSA) is 130 Å². The molecule has 1 aliphatic carbocycles. The normalized spacial score (nSPS) is 17.3. The van der Waals surface area contributed by atoms with Crippen LogP contribution in [-0.4, -0.2) is 47.8 Å². The molecule has 0 spiro atoms. The fraction of sp³-hybridized carbons (Fsp3) is 0.400. The number of hydrogen-bond donors (Lipinski definition) is 2. The van der Waals surface area contributed by atoms with Crippen LogP contribution < -0.4 is 5.32 Å². The van der Waals surface area contributed by atoms with E-state index in [9.17, 15) is 23.1 Å². The van der Waals surface area contributed by atoms with Crippen LogP contribution >= 0.6 is 0 Å². The molecule has 0 atom stereocenters. The number of carbonyl (C=O) groups is 2. The lowest BCUT2D eigenvalue weighted by atomic mass is 9.90. The van der Waals surface area contributed by atoms with Crippen molar-refractivity contribution in [3.63, 3.8) is 0 Å². The molecule has 3 heterocycles. The van der Waals surface area contributed by atoms with Crippen LogP contribution in [0.25, 0.3) is 10.9 Å². The molecule has 0 unspecified atom stereocenters. The maximum atomic E-state index is 13.4. The smallest absolute Gasteiger partial charge is 0.336 e. The van der Waals surface area contributed by atoms with Gasteiger partial charge in [0.15, 0.2) is 0 Å². The summed E-state index contributed by atoms with van der Waals surface area (Å²) in [6.45, 7) is 0.728. The number of carbonyl (C=O) groups excluding carboxylic acids is 1. The fourth-order valence-corrected chi connectivity index (χ4v) is 6.54. The first kappa shape index (κ1) is 23.5. The Morgan fingerprint density at radius 3 is 2.63 bits per heavy atom. The maximum Gasteiger partial charge on any atom is 0.336 e. The number of rotatable bonds is 6. The van der Waals surface area contributed by atoms with Crippen molar-refractivity contribution >= 4 is 32.8 Å². The molecule has 35 heavy (non-hydrogen) atoms. The number of carboxylic acids is 1. The Hall–Kier alpha value is -3.24. The van der Waals surface area contributed by atoms with Crippen molar-refractivity contribution in [2.75, 3.05) is 13.1 Å². The predicted octanol–water partition coefficient (Wildman–Crippen LogP) is 3.12. The minimum Gasteiger partial charge on any atom is -0.478 e. The van der Waals surface area contributed by atoms with E-state index in [2.05, 4.69) is 10.3 Å². The first-order valence-corrected chi connectivity index (χ1v) is 13.3. The van der Waals surface area contributed by atoms with E-state index >= 15 is 0 Å². The molecule has 1 aromatic carbocycles. The summed E-state index contributed by atoms with van der Waals surface area (Å²) in [5, 5.41) is 13.1. The fourth-order valence-electron chi connectivity index (χ4n) is 5.05. The standard InChI is InChI=1S/C25H27N3O6S/c29-24(26-15-17-4-3-13-34-17)16-9-11-28(12-10-16)35(32,33)18-7-8-22-20(14-18)23(25(30)31)19-5-1-2-6-21(19)27-22/h3-4,7-8,13-14,16H,1-2,5-6,9-12,15H2,(H,26,29)(H,30,31). The molecule has 184 valence electrons. The molecule has 1 saturated heterocycles. The minimum atomic E-state index is -3.85. The Balaban J connectivity index is 1.34. The van der Waals surface area contributed by atoms with Gasteiger partial charge in [0.05, 0.1) is 28.8 Å². The van der Waals surface area contributed by atoms with Crippen LogP contribution in [-0.2, 0) is 34.2 Å². The number of nitrogens with zero attached hydrogens (tertiary/aromatic N) is 2. The van der Waals surface area contributed by atoms with E-state index in [0.717, 1.165) is 25.0 Å². The molecular formula is C25H27N3O6S. The zero-order valence-corrected chi connectivity index (χ0v) is 20.0. The summed E-state index contributed by atoms with van der Waals surface area (Å²) >= 11 is 0. The zero-order valence-electron chi connectivity index (χ0n) is 19.2. The van der Waals surface area contributed by atoms with Crippen molar-refractivity contribution in [1.29, 1.82) is 0 Å². The third-order valence-electron chi connectivity index (χ3n) is 6.93. The molecule has 1 fully saturated rings. The Labute approximate surface area is 203 Å². The van der Waals surface area contributed by atoms with Gasteiger partial charge in [0.2, 0.25) is 15.9 Å². The number of pyridine rings is 1. The number of carboxylic acid groups (broad SMARTS) is 1. The SMILES string of the molecule is O=C(O)c1c2c(nc3ccc(S(=O)(=O)N4CCC(C(=O)NCc5ccco5)CC4)cc13)CCCC2. The number of amides is 1. The van der Waals surface area contributed by atoms with Crippen molar-refractivity contribution in [3.8, 4) is 0 Å². The van der Waals surface area contributed by atoms with E-state index in [-0.39, 0.29) is 35.4 Å². The third-order valence-corrected chi connectivity index (χ3v) is 8.82. The van der Waals surface area contributed by atoms with Gasteiger partial charge in [-0.25, -0.2) is 13.2 Å². The lowest BCUT2D eigenvalue weighted by molar-refractivity contribution is -0.126. The number of aromatic carboxylic acids is 1. The number of sulfonamides is 1. The lowest BCUT2D eigenvalue weighted by Gasteiger charge is -2.30. The van der Waals surface area contributed by atoms with E-state index in [0.29, 0.717) is 48.0 Å². The number of furan rings is 1. The molecule has 3 aromatic rings. The van der Waals surface area contributed by atoms with Crippen LogP contribution in [0, 0.1) is 5.92 Å². The van der Waals surface area contributed by atoms with E-state index in [1.807, 2.05) is 0 Å². The zero-order chi connectivity index (χ0) is 24.6. The highest BCUT2D eigenvalue weighted by atomic mass is 32.2. The maximum absolute atomic E-state index is 13.4. The molecular weight excluding hydrogens is 470 g/mol. The highest BCUT2D eigenvalue weighted by Crippen LogP contribution is 2.32. The molecule has 2 N–H and O–H groups in total. The lowest BCUT2D eigenvalue weighted by Crippen LogP contribution is -2.42. The van der Waals surface area contributed by atoms with Crippen LogP contribution in [0.4, 0.5) is 0 Å². The van der Waals surface area contributed by atoms with Gasteiger partial charge in [-0.1, -0.05) is 0 Å². The van der Waals surface area contributed by atoms with Crippen molar-refractivity contribution in [2.24, 2.45) is 5.92 Å². The Morgan fingerprint density at radius 2 is 1.91 bits per heavy atom. The molecule has 0 radical (unpaired) electrons.